The van der Waals surface area contributed by atoms with Crippen LogP contribution < -0.4 is 15.5 Å². The van der Waals surface area contributed by atoms with Gasteiger partial charge in [0.1, 0.15) is 23.9 Å². The van der Waals surface area contributed by atoms with Crippen LogP contribution in [0.25, 0.3) is 0 Å². The van der Waals surface area contributed by atoms with Gasteiger partial charge in [0.25, 0.3) is 0 Å². The predicted molar refractivity (Wildman–Crippen MR) is 127 cm³/mol. The molecule has 2 aromatic carbocycles. The minimum atomic E-state index is -1.78. The molecule has 1 atom stereocenters. The highest BCUT2D eigenvalue weighted by atomic mass is 32.2. The number of nitrogens with one attached hydrogen (secondary N) is 2. The van der Waals surface area contributed by atoms with Crippen molar-refractivity contribution in [2.75, 3.05) is 28.3 Å². The second-order valence-corrected chi connectivity index (χ2v) is 9.60. The van der Waals surface area contributed by atoms with Gasteiger partial charge in [0, 0.05) is 28.2 Å². The average molecular weight is 474 g/mol. The number of nitrogens with zero attached hydrogens (tertiary/aromatic N) is 1. The Morgan fingerprint density at radius 1 is 0.970 bits per heavy atom. The van der Waals surface area contributed by atoms with E-state index in [4.69, 9.17) is 0 Å². The van der Waals surface area contributed by atoms with Crippen molar-refractivity contribution in [3.63, 3.8) is 0 Å². The fourth-order valence-corrected chi connectivity index (χ4v) is 4.58. The van der Waals surface area contributed by atoms with Crippen molar-refractivity contribution >= 4 is 39.9 Å². The van der Waals surface area contributed by atoms with Gasteiger partial charge in [0.05, 0.1) is 0 Å². The predicted octanol–water partition coefficient (Wildman–Crippen LogP) is 2.91. The third-order valence-corrected chi connectivity index (χ3v) is 6.53. The van der Waals surface area contributed by atoms with Gasteiger partial charge in [-0.25, -0.2) is 4.39 Å². The van der Waals surface area contributed by atoms with Gasteiger partial charge >= 0.3 is 0 Å². The van der Waals surface area contributed by atoms with Gasteiger partial charge in [-0.1, -0.05) is 30.5 Å². The first-order valence-electron chi connectivity index (χ1n) is 10.9. The first kappa shape index (κ1) is 24.6. The summed E-state index contributed by atoms with van der Waals surface area (Å²) in [6.45, 7) is 1.65. The second kappa shape index (κ2) is 11.7. The molecule has 7 nitrogen and oxygen atoms in total. The molecular formula is C24H28FN3O4S. The van der Waals surface area contributed by atoms with E-state index >= 15 is 0 Å². The van der Waals surface area contributed by atoms with Gasteiger partial charge in [0.15, 0.2) is 0 Å². The highest BCUT2D eigenvalue weighted by Gasteiger charge is 2.24. The molecule has 0 radical (unpaired) electrons. The van der Waals surface area contributed by atoms with Crippen LogP contribution in [0.2, 0.25) is 0 Å². The quantitative estimate of drug-likeness (QED) is 0.585. The van der Waals surface area contributed by atoms with Crippen molar-refractivity contribution in [3.8, 4) is 0 Å². The summed E-state index contributed by atoms with van der Waals surface area (Å²) < 4.78 is 25.9. The zero-order valence-electron chi connectivity index (χ0n) is 18.5. The van der Waals surface area contributed by atoms with E-state index in [0.717, 1.165) is 31.2 Å². The molecule has 0 bridgehead atoms. The molecule has 0 unspecified atom stereocenters. The van der Waals surface area contributed by atoms with Crippen molar-refractivity contribution in [1.82, 2.24) is 5.32 Å². The summed E-state index contributed by atoms with van der Waals surface area (Å²) in [5, 5.41) is 5.57. The van der Waals surface area contributed by atoms with E-state index in [0.29, 0.717) is 11.4 Å². The summed E-state index contributed by atoms with van der Waals surface area (Å²) in [6, 6.07) is 12.4. The summed E-state index contributed by atoms with van der Waals surface area (Å²) in [4.78, 5) is 38.8. The van der Waals surface area contributed by atoms with Crippen LogP contribution in [0.4, 0.5) is 15.8 Å². The smallest absolute Gasteiger partial charge is 0.240 e. The van der Waals surface area contributed by atoms with Crippen LogP contribution in [0.5, 0.6) is 0 Å². The number of halogens is 1. The van der Waals surface area contributed by atoms with Crippen LogP contribution in [-0.4, -0.2) is 46.0 Å². The number of aryl methyl sites for hydroxylation is 1. The van der Waals surface area contributed by atoms with Crippen LogP contribution >= 0.6 is 0 Å². The molecule has 0 saturated heterocycles. The number of carbonyl (C=O) groups is 3. The minimum Gasteiger partial charge on any atom is -0.352 e. The number of benzene rings is 2. The standard InChI is InChI=1S/C24H28FN3O4S/c1-17-6-10-20(11-7-17)27-23(30)15-33(32)16-24(31)28(21-12-8-18(25)9-13-21)14-22(29)26-19-4-2-3-5-19/h6-13,19H,2-5,14-16H2,1H3,(H,26,29)(H,27,30)/t33-/m0/s1. The van der Waals surface area contributed by atoms with Crippen LogP contribution in [-0.2, 0) is 25.2 Å². The molecule has 3 amide bonds. The zero-order chi connectivity index (χ0) is 23.8. The number of hydrogen-bond donors (Lipinski definition) is 2. The van der Waals surface area contributed by atoms with Crippen molar-refractivity contribution in [3.05, 3.63) is 59.9 Å². The van der Waals surface area contributed by atoms with Crippen molar-refractivity contribution < 1.29 is 23.0 Å². The van der Waals surface area contributed by atoms with Crippen LogP contribution in [0, 0.1) is 12.7 Å². The van der Waals surface area contributed by atoms with Crippen LogP contribution in [0.1, 0.15) is 31.2 Å². The summed E-state index contributed by atoms with van der Waals surface area (Å²) in [6.07, 6.45) is 3.90. The molecule has 0 spiro atoms. The van der Waals surface area contributed by atoms with Crippen molar-refractivity contribution in [2.45, 2.75) is 38.6 Å². The maximum atomic E-state index is 13.4. The Morgan fingerprint density at radius 2 is 1.61 bits per heavy atom. The molecule has 9 heteroatoms. The molecule has 2 aromatic rings. The van der Waals surface area contributed by atoms with E-state index in [1.807, 2.05) is 19.1 Å². The Bertz CT molecular complexity index is 1010. The third-order valence-electron chi connectivity index (χ3n) is 5.37. The molecule has 0 aliphatic heterocycles. The van der Waals surface area contributed by atoms with Crippen LogP contribution in [0.15, 0.2) is 48.5 Å². The van der Waals surface area contributed by atoms with E-state index in [-0.39, 0.29) is 24.2 Å². The summed E-state index contributed by atoms with van der Waals surface area (Å²) in [5.74, 6) is -2.65. The normalized spacial score (nSPS) is 14.5. The zero-order valence-corrected chi connectivity index (χ0v) is 19.3. The molecule has 1 saturated carbocycles. The average Bonchev–Trinajstić information content (AvgIpc) is 3.27. The topological polar surface area (TPSA) is 95.6 Å². The van der Waals surface area contributed by atoms with E-state index in [1.54, 1.807) is 12.1 Å². The van der Waals surface area contributed by atoms with Gasteiger partial charge < -0.3 is 15.5 Å². The molecule has 33 heavy (non-hydrogen) atoms. The Hall–Kier alpha value is -3.07. The molecule has 1 aliphatic carbocycles. The molecule has 1 fully saturated rings. The summed E-state index contributed by atoms with van der Waals surface area (Å²) >= 11 is 0. The number of amides is 3. The summed E-state index contributed by atoms with van der Waals surface area (Å²) in [7, 11) is -1.78. The first-order chi connectivity index (χ1) is 15.8. The Labute approximate surface area is 195 Å². The maximum absolute atomic E-state index is 13.4. The van der Waals surface area contributed by atoms with Gasteiger partial charge in [-0.2, -0.15) is 0 Å². The lowest BCUT2D eigenvalue weighted by Crippen LogP contribution is -2.45. The lowest BCUT2D eigenvalue weighted by molar-refractivity contribution is -0.123. The van der Waals surface area contributed by atoms with Gasteiger partial charge in [-0.05, 0) is 56.2 Å². The second-order valence-electron chi connectivity index (χ2n) is 8.15. The maximum Gasteiger partial charge on any atom is 0.240 e. The number of rotatable bonds is 9. The Balaban J connectivity index is 1.61. The van der Waals surface area contributed by atoms with E-state index in [1.165, 1.54) is 29.2 Å². The Kier molecular flexibility index (Phi) is 8.71. The molecule has 176 valence electrons. The molecular weight excluding hydrogens is 445 g/mol. The molecule has 2 N–H and O–H groups in total. The fourth-order valence-electron chi connectivity index (χ4n) is 3.68. The lowest BCUT2D eigenvalue weighted by Gasteiger charge is -2.23. The SMILES string of the molecule is Cc1ccc(NC(=O)C[S@](=O)CC(=O)N(CC(=O)NC2CCCC2)c2ccc(F)cc2)cc1. The number of carbonyl (C=O) groups excluding carboxylic acids is 3. The number of hydrogen-bond acceptors (Lipinski definition) is 4. The molecule has 0 heterocycles. The highest BCUT2D eigenvalue weighted by Crippen LogP contribution is 2.19. The minimum absolute atomic E-state index is 0.0854. The largest absolute Gasteiger partial charge is 0.352 e. The molecule has 3 rings (SSSR count). The van der Waals surface area contributed by atoms with Gasteiger partial charge in [-0.15, -0.1) is 0 Å². The lowest BCUT2D eigenvalue weighted by atomic mass is 10.2. The summed E-state index contributed by atoms with van der Waals surface area (Å²) in [5.41, 5.74) is 1.94. The van der Waals surface area contributed by atoms with Crippen LogP contribution in [0.3, 0.4) is 0 Å². The van der Waals surface area contributed by atoms with E-state index < -0.39 is 34.2 Å². The fraction of sp³-hybridized carbons (Fsp3) is 0.375. The first-order valence-corrected chi connectivity index (χ1v) is 12.4. The Morgan fingerprint density at radius 3 is 2.24 bits per heavy atom. The van der Waals surface area contributed by atoms with Gasteiger partial charge in [0.2, 0.25) is 17.7 Å². The van der Waals surface area contributed by atoms with Crippen molar-refractivity contribution in [2.24, 2.45) is 0 Å². The molecule has 0 aromatic heterocycles. The van der Waals surface area contributed by atoms with Crippen molar-refractivity contribution in [1.29, 1.82) is 0 Å². The van der Waals surface area contributed by atoms with E-state index in [9.17, 15) is 23.0 Å². The monoisotopic (exact) mass is 473 g/mol. The highest BCUT2D eigenvalue weighted by molar-refractivity contribution is 7.86. The van der Waals surface area contributed by atoms with Gasteiger partial charge in [-0.3, -0.25) is 18.6 Å². The molecule has 1 aliphatic rings. The third kappa shape index (κ3) is 7.78. The number of anilines is 2. The van der Waals surface area contributed by atoms with E-state index in [2.05, 4.69) is 10.6 Å².